The number of nitriles is 1. The number of H-pyrrole nitrogens is 1. The van der Waals surface area contributed by atoms with Gasteiger partial charge in [0.25, 0.3) is 5.56 Å². The summed E-state index contributed by atoms with van der Waals surface area (Å²) in [5.41, 5.74) is 2.69. The van der Waals surface area contributed by atoms with Crippen molar-refractivity contribution in [3.05, 3.63) is 75.7 Å². The summed E-state index contributed by atoms with van der Waals surface area (Å²) in [6, 6.07) is 8.56. The average molecular weight is 376 g/mol. The van der Waals surface area contributed by atoms with E-state index in [-0.39, 0.29) is 29.4 Å². The van der Waals surface area contributed by atoms with Crippen molar-refractivity contribution >= 4 is 5.65 Å². The maximum Gasteiger partial charge on any atom is 0.278 e. The lowest BCUT2D eigenvalue weighted by atomic mass is 10.00. The molecule has 0 saturated heterocycles. The summed E-state index contributed by atoms with van der Waals surface area (Å²) in [7, 11) is 0. The molecular formula is C20H17FN6O. The summed E-state index contributed by atoms with van der Waals surface area (Å²) in [4.78, 5) is 16.1. The molecule has 140 valence electrons. The van der Waals surface area contributed by atoms with Crippen molar-refractivity contribution in [2.24, 2.45) is 0 Å². The van der Waals surface area contributed by atoms with E-state index in [1.165, 1.54) is 16.8 Å². The zero-order valence-electron chi connectivity index (χ0n) is 15.3. The molecule has 4 rings (SSSR count). The van der Waals surface area contributed by atoms with Crippen LogP contribution in [0.15, 0.2) is 47.7 Å². The maximum atomic E-state index is 13.9. The fourth-order valence-electron chi connectivity index (χ4n) is 3.25. The molecule has 0 aliphatic carbocycles. The Morgan fingerprint density at radius 3 is 2.75 bits per heavy atom. The molecule has 1 aromatic carbocycles. The Balaban J connectivity index is 1.84. The highest BCUT2D eigenvalue weighted by molar-refractivity contribution is 5.67. The molecule has 0 aliphatic rings. The van der Waals surface area contributed by atoms with Gasteiger partial charge in [0.2, 0.25) is 0 Å². The quantitative estimate of drug-likeness (QED) is 0.592. The second-order valence-electron chi connectivity index (χ2n) is 6.82. The molecule has 0 unspecified atom stereocenters. The number of fused-ring (bicyclic) bond motifs is 1. The number of nitrogens with one attached hydrogen (secondary N) is 1. The first-order valence-electron chi connectivity index (χ1n) is 8.80. The average Bonchev–Trinajstić information content (AvgIpc) is 3.30. The largest absolute Gasteiger partial charge is 0.338 e. The number of halogens is 1. The van der Waals surface area contributed by atoms with E-state index < -0.39 is 0 Å². The molecule has 0 atom stereocenters. The minimum Gasteiger partial charge on any atom is -0.338 e. The lowest BCUT2D eigenvalue weighted by molar-refractivity contribution is 0.585. The summed E-state index contributed by atoms with van der Waals surface area (Å²) in [6.07, 6.45) is 4.74. The normalized spacial score (nSPS) is 11.2. The van der Waals surface area contributed by atoms with Gasteiger partial charge >= 0.3 is 0 Å². The maximum absolute atomic E-state index is 13.9. The third kappa shape index (κ3) is 2.87. The van der Waals surface area contributed by atoms with Crippen LogP contribution in [-0.4, -0.2) is 24.4 Å². The summed E-state index contributed by atoms with van der Waals surface area (Å²) < 4.78 is 16.7. The molecule has 0 bridgehead atoms. The van der Waals surface area contributed by atoms with E-state index in [4.69, 9.17) is 0 Å². The first-order chi connectivity index (χ1) is 13.5. The second-order valence-corrected chi connectivity index (χ2v) is 6.82. The minimum atomic E-state index is -0.296. The Bertz CT molecular complexity index is 1270. The lowest BCUT2D eigenvalue weighted by Gasteiger charge is -2.11. The van der Waals surface area contributed by atoms with Crippen LogP contribution in [0.25, 0.3) is 16.9 Å². The molecule has 0 aliphatic heterocycles. The fourth-order valence-corrected chi connectivity index (χ4v) is 3.25. The number of hydrogen-bond donors (Lipinski definition) is 1. The SMILES string of the molecule is CC(C)c1c(-c2cnn(Cc3ccccc3F)c2)[nH]c2c(C#N)cnn2c1=O. The van der Waals surface area contributed by atoms with Gasteiger partial charge in [-0.3, -0.25) is 9.48 Å². The van der Waals surface area contributed by atoms with Crippen LogP contribution in [0.4, 0.5) is 4.39 Å². The van der Waals surface area contributed by atoms with Crippen LogP contribution in [0, 0.1) is 17.1 Å². The van der Waals surface area contributed by atoms with Crippen molar-refractivity contribution < 1.29 is 4.39 Å². The number of aromatic amines is 1. The van der Waals surface area contributed by atoms with Crippen LogP contribution >= 0.6 is 0 Å². The zero-order valence-corrected chi connectivity index (χ0v) is 15.3. The zero-order chi connectivity index (χ0) is 19.8. The van der Waals surface area contributed by atoms with E-state index in [0.717, 1.165) is 0 Å². The molecule has 7 nitrogen and oxygen atoms in total. The first-order valence-corrected chi connectivity index (χ1v) is 8.80. The lowest BCUT2D eigenvalue weighted by Crippen LogP contribution is -2.22. The summed E-state index contributed by atoms with van der Waals surface area (Å²) >= 11 is 0. The summed E-state index contributed by atoms with van der Waals surface area (Å²) in [6.45, 7) is 4.10. The van der Waals surface area contributed by atoms with Gasteiger partial charge in [-0.15, -0.1) is 0 Å². The summed E-state index contributed by atoms with van der Waals surface area (Å²) in [5.74, 6) is -0.372. The molecule has 0 radical (unpaired) electrons. The van der Waals surface area contributed by atoms with Crippen LogP contribution in [-0.2, 0) is 6.54 Å². The van der Waals surface area contributed by atoms with Gasteiger partial charge in [0.1, 0.15) is 17.4 Å². The van der Waals surface area contributed by atoms with Gasteiger partial charge in [-0.2, -0.15) is 20.0 Å². The van der Waals surface area contributed by atoms with E-state index in [9.17, 15) is 14.4 Å². The molecule has 8 heteroatoms. The Labute approximate surface area is 159 Å². The molecule has 1 N–H and O–H groups in total. The van der Waals surface area contributed by atoms with E-state index >= 15 is 0 Å². The highest BCUT2D eigenvalue weighted by Crippen LogP contribution is 2.26. The van der Waals surface area contributed by atoms with E-state index in [1.54, 1.807) is 35.3 Å². The monoisotopic (exact) mass is 376 g/mol. The smallest absolute Gasteiger partial charge is 0.278 e. The van der Waals surface area contributed by atoms with Gasteiger partial charge in [-0.1, -0.05) is 32.0 Å². The predicted molar refractivity (Wildman–Crippen MR) is 101 cm³/mol. The van der Waals surface area contributed by atoms with Crippen molar-refractivity contribution in [3.63, 3.8) is 0 Å². The molecule has 0 spiro atoms. The summed E-state index contributed by atoms with van der Waals surface area (Å²) in [5, 5.41) is 17.6. The van der Waals surface area contributed by atoms with Gasteiger partial charge < -0.3 is 4.98 Å². The Kier molecular flexibility index (Phi) is 4.28. The van der Waals surface area contributed by atoms with Crippen molar-refractivity contribution in [3.8, 4) is 17.3 Å². The molecule has 3 heterocycles. The van der Waals surface area contributed by atoms with E-state index in [0.29, 0.717) is 28.0 Å². The van der Waals surface area contributed by atoms with Crippen LogP contribution in [0.3, 0.4) is 0 Å². The molecule has 0 amide bonds. The van der Waals surface area contributed by atoms with Crippen LogP contribution in [0.5, 0.6) is 0 Å². The van der Waals surface area contributed by atoms with Crippen molar-refractivity contribution in [2.75, 3.05) is 0 Å². The highest BCUT2D eigenvalue weighted by Gasteiger charge is 2.20. The van der Waals surface area contributed by atoms with Gasteiger partial charge in [0.15, 0.2) is 5.65 Å². The first kappa shape index (κ1) is 17.7. The van der Waals surface area contributed by atoms with Gasteiger partial charge in [0, 0.05) is 22.9 Å². The molecule has 0 fully saturated rings. The highest BCUT2D eigenvalue weighted by atomic mass is 19.1. The van der Waals surface area contributed by atoms with Gasteiger partial charge in [-0.05, 0) is 12.0 Å². The Morgan fingerprint density at radius 2 is 2.04 bits per heavy atom. The standard InChI is InChI=1S/C20H17FN6O/c1-12(2)17-18(25-19-14(7-22)8-24-27(19)20(17)28)15-9-23-26(11-15)10-13-5-3-4-6-16(13)21/h3-6,8-9,11-12,25H,10H2,1-2H3. The fraction of sp³-hybridized carbons (Fsp3) is 0.200. The Hall–Kier alpha value is -3.73. The van der Waals surface area contributed by atoms with Gasteiger partial charge in [-0.25, -0.2) is 4.39 Å². The van der Waals surface area contributed by atoms with E-state index in [1.807, 2.05) is 19.9 Å². The molecule has 0 saturated carbocycles. The van der Waals surface area contributed by atoms with Crippen LogP contribution < -0.4 is 5.56 Å². The van der Waals surface area contributed by atoms with Crippen LogP contribution in [0.1, 0.15) is 36.5 Å². The van der Waals surface area contributed by atoms with Gasteiger partial charge in [0.05, 0.1) is 24.6 Å². The van der Waals surface area contributed by atoms with Crippen molar-refractivity contribution in [1.82, 2.24) is 24.4 Å². The molecular weight excluding hydrogens is 359 g/mol. The second kappa shape index (κ2) is 6.78. The number of benzene rings is 1. The number of hydrogen-bond acceptors (Lipinski definition) is 4. The third-order valence-corrected chi connectivity index (χ3v) is 4.61. The third-order valence-electron chi connectivity index (χ3n) is 4.61. The number of aromatic nitrogens is 5. The van der Waals surface area contributed by atoms with E-state index in [2.05, 4.69) is 15.2 Å². The number of nitrogens with zero attached hydrogens (tertiary/aromatic N) is 5. The van der Waals surface area contributed by atoms with Crippen molar-refractivity contribution in [2.45, 2.75) is 26.3 Å². The molecule has 28 heavy (non-hydrogen) atoms. The predicted octanol–water partition coefficient (Wildman–Crippen LogP) is 3.07. The topological polar surface area (TPSA) is 91.8 Å². The number of rotatable bonds is 4. The van der Waals surface area contributed by atoms with Crippen LogP contribution in [0.2, 0.25) is 0 Å². The molecule has 3 aromatic heterocycles. The molecule has 4 aromatic rings. The minimum absolute atomic E-state index is 0.0761. The Morgan fingerprint density at radius 1 is 1.25 bits per heavy atom. The van der Waals surface area contributed by atoms with Crippen molar-refractivity contribution in [1.29, 1.82) is 5.26 Å².